The minimum atomic E-state index is 0.0909. The van der Waals surface area contributed by atoms with E-state index in [9.17, 15) is 0 Å². The van der Waals surface area contributed by atoms with Crippen molar-refractivity contribution in [1.29, 1.82) is 0 Å². The molecule has 1 rings (SSSR count). The van der Waals surface area contributed by atoms with Gasteiger partial charge in [-0.2, -0.15) is 0 Å². The van der Waals surface area contributed by atoms with Crippen LogP contribution in [0.1, 0.15) is 26.3 Å². The number of hydrogen-bond donors (Lipinski definition) is 1. The summed E-state index contributed by atoms with van der Waals surface area (Å²) in [6, 6.07) is 3.92. The minimum absolute atomic E-state index is 0.0909. The van der Waals surface area contributed by atoms with Gasteiger partial charge in [0.15, 0.2) is 11.5 Å². The summed E-state index contributed by atoms with van der Waals surface area (Å²) in [5, 5.41) is 0.575. The van der Waals surface area contributed by atoms with Gasteiger partial charge in [-0.25, -0.2) is 0 Å². The number of ether oxygens (including phenoxy) is 2. The van der Waals surface area contributed by atoms with Crippen molar-refractivity contribution in [2.75, 3.05) is 13.7 Å². The first kappa shape index (κ1) is 15.1. The van der Waals surface area contributed by atoms with E-state index in [1.54, 1.807) is 7.11 Å². The van der Waals surface area contributed by atoms with E-state index in [1.807, 2.05) is 19.1 Å². The lowest BCUT2D eigenvalue weighted by atomic mass is 10.1. The quantitative estimate of drug-likeness (QED) is 0.864. The van der Waals surface area contributed by atoms with Crippen molar-refractivity contribution in [3.05, 3.63) is 22.7 Å². The van der Waals surface area contributed by atoms with Crippen molar-refractivity contribution in [2.45, 2.75) is 33.2 Å². The predicted molar refractivity (Wildman–Crippen MR) is 75.7 cm³/mol. The Hall–Kier alpha value is -0.930. The number of methoxy groups -OCH3 is 1. The van der Waals surface area contributed by atoms with Crippen molar-refractivity contribution < 1.29 is 9.47 Å². The summed E-state index contributed by atoms with van der Waals surface area (Å²) >= 11 is 6.23. The zero-order valence-electron chi connectivity index (χ0n) is 11.5. The van der Waals surface area contributed by atoms with E-state index in [-0.39, 0.29) is 6.04 Å². The highest BCUT2D eigenvalue weighted by Gasteiger charge is 2.13. The van der Waals surface area contributed by atoms with Gasteiger partial charge in [-0.3, -0.25) is 0 Å². The van der Waals surface area contributed by atoms with Crippen molar-refractivity contribution in [3.63, 3.8) is 0 Å². The second-order valence-electron chi connectivity index (χ2n) is 5.00. The Balaban J connectivity index is 2.96. The normalized spacial score (nSPS) is 12.6. The maximum atomic E-state index is 6.23. The van der Waals surface area contributed by atoms with Crippen molar-refractivity contribution in [2.24, 2.45) is 11.7 Å². The highest BCUT2D eigenvalue weighted by Crippen LogP contribution is 2.36. The largest absolute Gasteiger partial charge is 0.493 e. The second-order valence-corrected chi connectivity index (χ2v) is 5.40. The molecule has 0 aliphatic carbocycles. The molecule has 102 valence electrons. The Kier molecular flexibility index (Phi) is 5.76. The summed E-state index contributed by atoms with van der Waals surface area (Å²) in [6.07, 6.45) is 0.764. The van der Waals surface area contributed by atoms with Crippen LogP contribution in [0.25, 0.3) is 0 Å². The molecule has 2 N–H and O–H groups in total. The topological polar surface area (TPSA) is 44.5 Å². The van der Waals surface area contributed by atoms with Gasteiger partial charge in [-0.05, 0) is 37.0 Å². The lowest BCUT2D eigenvalue weighted by molar-refractivity contribution is 0.257. The molecule has 0 saturated carbocycles. The van der Waals surface area contributed by atoms with Gasteiger partial charge in [0.25, 0.3) is 0 Å². The third kappa shape index (κ3) is 4.39. The van der Waals surface area contributed by atoms with Gasteiger partial charge in [-0.1, -0.05) is 25.4 Å². The summed E-state index contributed by atoms with van der Waals surface area (Å²) in [6.45, 7) is 6.75. The SMILES string of the molecule is COc1cc(CC(C)N)cc(Cl)c1OCC(C)C. The van der Waals surface area contributed by atoms with E-state index in [2.05, 4.69) is 13.8 Å². The molecule has 0 spiro atoms. The molecule has 0 saturated heterocycles. The average molecular weight is 272 g/mol. The monoisotopic (exact) mass is 271 g/mol. The van der Waals surface area contributed by atoms with E-state index in [0.717, 1.165) is 12.0 Å². The van der Waals surface area contributed by atoms with Crippen LogP contribution >= 0.6 is 11.6 Å². The Bertz CT molecular complexity index is 392. The lowest BCUT2D eigenvalue weighted by Gasteiger charge is -2.16. The standard InChI is InChI=1S/C14H22ClNO2/c1-9(2)8-18-14-12(15)6-11(5-10(3)16)7-13(14)17-4/h6-7,9-10H,5,8,16H2,1-4H3. The van der Waals surface area contributed by atoms with Gasteiger partial charge in [-0.15, -0.1) is 0 Å². The van der Waals surface area contributed by atoms with Crippen molar-refractivity contribution in [1.82, 2.24) is 0 Å². The van der Waals surface area contributed by atoms with Crippen LogP contribution in [0, 0.1) is 5.92 Å². The van der Waals surface area contributed by atoms with E-state index in [4.69, 9.17) is 26.8 Å². The van der Waals surface area contributed by atoms with Crippen LogP contribution in [0.2, 0.25) is 5.02 Å². The van der Waals surface area contributed by atoms with Gasteiger partial charge < -0.3 is 15.2 Å². The van der Waals surface area contributed by atoms with Gasteiger partial charge in [0.2, 0.25) is 0 Å². The number of halogens is 1. The van der Waals surface area contributed by atoms with Crippen LogP contribution in [-0.4, -0.2) is 19.8 Å². The molecule has 0 heterocycles. The fourth-order valence-corrected chi connectivity index (χ4v) is 1.94. The lowest BCUT2D eigenvalue weighted by Crippen LogP contribution is -2.17. The Morgan fingerprint density at radius 2 is 1.94 bits per heavy atom. The summed E-state index contributed by atoms with van der Waals surface area (Å²) < 4.78 is 11.0. The first-order chi connectivity index (χ1) is 8.43. The smallest absolute Gasteiger partial charge is 0.179 e. The number of benzene rings is 1. The third-order valence-electron chi connectivity index (χ3n) is 2.41. The molecule has 1 aromatic carbocycles. The molecule has 0 amide bonds. The van der Waals surface area contributed by atoms with Gasteiger partial charge >= 0.3 is 0 Å². The molecule has 18 heavy (non-hydrogen) atoms. The van der Waals surface area contributed by atoms with Crippen LogP contribution in [0.3, 0.4) is 0 Å². The molecule has 1 unspecified atom stereocenters. The molecule has 0 bridgehead atoms. The van der Waals surface area contributed by atoms with E-state index in [1.165, 1.54) is 0 Å². The predicted octanol–water partition coefficient (Wildman–Crippen LogP) is 3.27. The molecule has 0 aliphatic rings. The molecular formula is C14H22ClNO2. The zero-order valence-corrected chi connectivity index (χ0v) is 12.3. The summed E-state index contributed by atoms with van der Waals surface area (Å²) in [5.41, 5.74) is 6.85. The molecule has 3 nitrogen and oxygen atoms in total. The number of hydrogen-bond acceptors (Lipinski definition) is 3. The van der Waals surface area contributed by atoms with E-state index in [0.29, 0.717) is 29.0 Å². The zero-order chi connectivity index (χ0) is 13.7. The molecule has 4 heteroatoms. The number of rotatable bonds is 6. The van der Waals surface area contributed by atoms with Crippen LogP contribution < -0.4 is 15.2 Å². The summed E-state index contributed by atoms with van der Waals surface area (Å²) in [5.74, 6) is 1.72. The van der Waals surface area contributed by atoms with Crippen LogP contribution in [0.15, 0.2) is 12.1 Å². The molecule has 1 atom stereocenters. The average Bonchev–Trinajstić information content (AvgIpc) is 2.25. The highest BCUT2D eigenvalue weighted by molar-refractivity contribution is 6.32. The van der Waals surface area contributed by atoms with Gasteiger partial charge in [0.1, 0.15) is 0 Å². The highest BCUT2D eigenvalue weighted by atomic mass is 35.5. The minimum Gasteiger partial charge on any atom is -0.493 e. The Labute approximate surface area is 114 Å². The Morgan fingerprint density at radius 3 is 2.44 bits per heavy atom. The first-order valence-electron chi connectivity index (χ1n) is 6.18. The molecule has 0 aliphatic heterocycles. The maximum absolute atomic E-state index is 6.23. The van der Waals surface area contributed by atoms with Gasteiger partial charge in [0.05, 0.1) is 18.7 Å². The fourth-order valence-electron chi connectivity index (χ4n) is 1.65. The second kappa shape index (κ2) is 6.86. The third-order valence-corrected chi connectivity index (χ3v) is 2.69. The molecule has 0 radical (unpaired) electrons. The maximum Gasteiger partial charge on any atom is 0.179 e. The van der Waals surface area contributed by atoms with Gasteiger partial charge in [0, 0.05) is 6.04 Å². The Morgan fingerprint density at radius 1 is 1.28 bits per heavy atom. The molecular weight excluding hydrogens is 250 g/mol. The fraction of sp³-hybridized carbons (Fsp3) is 0.571. The molecule has 1 aromatic rings. The first-order valence-corrected chi connectivity index (χ1v) is 6.56. The molecule has 0 fully saturated rings. The summed E-state index contributed by atoms with van der Waals surface area (Å²) in [4.78, 5) is 0. The van der Waals surface area contributed by atoms with E-state index < -0.39 is 0 Å². The number of nitrogens with two attached hydrogens (primary N) is 1. The molecule has 0 aromatic heterocycles. The van der Waals surface area contributed by atoms with Crippen molar-refractivity contribution in [3.8, 4) is 11.5 Å². The van der Waals surface area contributed by atoms with Crippen LogP contribution in [0.4, 0.5) is 0 Å². The van der Waals surface area contributed by atoms with Crippen LogP contribution in [-0.2, 0) is 6.42 Å². The van der Waals surface area contributed by atoms with Crippen LogP contribution in [0.5, 0.6) is 11.5 Å². The van der Waals surface area contributed by atoms with Crippen molar-refractivity contribution >= 4 is 11.6 Å². The van der Waals surface area contributed by atoms with E-state index >= 15 is 0 Å². The summed E-state index contributed by atoms with van der Waals surface area (Å²) in [7, 11) is 1.61.